The highest BCUT2D eigenvalue weighted by atomic mass is 16.7. The fourth-order valence-electron chi connectivity index (χ4n) is 4.54. The SMILES string of the molecule is CCCOC1C(OC2C(O)C(N)CC(N)C2OC2OC(CO)C(O)C(O)C2N)OC(CO)C1O. The molecule has 0 spiro atoms. The minimum absolute atomic E-state index is 0.158. The maximum atomic E-state index is 10.8. The van der Waals surface area contributed by atoms with Crippen molar-refractivity contribution in [1.82, 2.24) is 0 Å². The highest BCUT2D eigenvalue weighted by Gasteiger charge is 2.52. The van der Waals surface area contributed by atoms with Crippen molar-refractivity contribution in [3.05, 3.63) is 0 Å². The van der Waals surface area contributed by atoms with Gasteiger partial charge < -0.3 is 71.5 Å². The molecule has 34 heavy (non-hydrogen) atoms. The fourth-order valence-corrected chi connectivity index (χ4v) is 4.54. The van der Waals surface area contributed by atoms with Crippen LogP contribution in [0.25, 0.3) is 0 Å². The molecule has 0 aromatic carbocycles. The number of hydrogen-bond donors (Lipinski definition) is 9. The molecule has 3 rings (SSSR count). The van der Waals surface area contributed by atoms with E-state index in [1.54, 1.807) is 0 Å². The Morgan fingerprint density at radius 2 is 1.32 bits per heavy atom. The third kappa shape index (κ3) is 5.71. The van der Waals surface area contributed by atoms with Crippen molar-refractivity contribution in [2.24, 2.45) is 17.2 Å². The van der Waals surface area contributed by atoms with E-state index in [1.807, 2.05) is 6.92 Å². The summed E-state index contributed by atoms with van der Waals surface area (Å²) in [5.74, 6) is 0. The van der Waals surface area contributed by atoms with E-state index in [-0.39, 0.29) is 6.42 Å². The quantitative estimate of drug-likeness (QED) is 0.145. The third-order valence-corrected chi connectivity index (χ3v) is 6.57. The van der Waals surface area contributed by atoms with Gasteiger partial charge in [0.2, 0.25) is 0 Å². The van der Waals surface area contributed by atoms with Gasteiger partial charge in [0.25, 0.3) is 0 Å². The maximum absolute atomic E-state index is 10.8. The van der Waals surface area contributed by atoms with Gasteiger partial charge in [-0.15, -0.1) is 0 Å². The molecule has 0 amide bonds. The molecule has 14 unspecified atom stereocenters. The zero-order chi connectivity index (χ0) is 25.2. The van der Waals surface area contributed by atoms with Crippen molar-refractivity contribution in [3.63, 3.8) is 0 Å². The van der Waals surface area contributed by atoms with E-state index in [1.165, 1.54) is 0 Å². The Hall–Kier alpha value is -0.560. The van der Waals surface area contributed by atoms with E-state index in [0.717, 1.165) is 0 Å². The minimum atomic E-state index is -1.45. The Morgan fingerprint density at radius 1 is 0.735 bits per heavy atom. The van der Waals surface area contributed by atoms with E-state index < -0.39 is 98.9 Å². The molecule has 200 valence electrons. The first kappa shape index (κ1) is 28.0. The summed E-state index contributed by atoms with van der Waals surface area (Å²) < 4.78 is 28.8. The van der Waals surface area contributed by atoms with Gasteiger partial charge in [0, 0.05) is 18.7 Å². The molecule has 14 heteroatoms. The van der Waals surface area contributed by atoms with Crippen LogP contribution in [0.2, 0.25) is 0 Å². The monoisotopic (exact) mass is 497 g/mol. The summed E-state index contributed by atoms with van der Waals surface area (Å²) in [7, 11) is 0. The van der Waals surface area contributed by atoms with Crippen molar-refractivity contribution < 1.29 is 54.3 Å². The Morgan fingerprint density at radius 3 is 1.94 bits per heavy atom. The number of rotatable bonds is 9. The van der Waals surface area contributed by atoms with E-state index in [2.05, 4.69) is 0 Å². The topological polar surface area (TPSA) is 246 Å². The predicted octanol–water partition coefficient (Wildman–Crippen LogP) is -5.18. The Kier molecular flexibility index (Phi) is 9.99. The normalized spacial score (nSPS) is 49.9. The number of nitrogens with two attached hydrogens (primary N) is 3. The first-order chi connectivity index (χ1) is 16.1. The number of aliphatic hydroxyl groups is 6. The first-order valence-corrected chi connectivity index (χ1v) is 11.6. The standard InChI is InChI=1S/C20H39N3O11/c1-2-3-30-18-14(28)10(6-25)32-20(18)34-17-12(26)7(21)4-8(22)16(17)33-19-11(23)15(29)13(27)9(5-24)31-19/h7-20,24-29H,2-6,21-23H2,1H3. The second-order valence-corrected chi connectivity index (χ2v) is 9.09. The summed E-state index contributed by atoms with van der Waals surface area (Å²) in [6.45, 7) is 1.10. The molecule has 0 radical (unpaired) electrons. The summed E-state index contributed by atoms with van der Waals surface area (Å²) in [4.78, 5) is 0. The highest BCUT2D eigenvalue weighted by molar-refractivity contribution is 5.01. The lowest BCUT2D eigenvalue weighted by Gasteiger charge is -2.47. The van der Waals surface area contributed by atoms with Gasteiger partial charge in [-0.05, 0) is 12.8 Å². The van der Waals surface area contributed by atoms with Crippen LogP contribution < -0.4 is 17.2 Å². The lowest BCUT2D eigenvalue weighted by atomic mass is 9.84. The second-order valence-electron chi connectivity index (χ2n) is 9.09. The molecule has 2 saturated heterocycles. The number of hydrogen-bond acceptors (Lipinski definition) is 14. The van der Waals surface area contributed by atoms with Gasteiger partial charge in [-0.1, -0.05) is 6.92 Å². The molecule has 12 N–H and O–H groups in total. The Labute approximate surface area is 197 Å². The molecule has 3 aliphatic rings. The largest absolute Gasteiger partial charge is 0.394 e. The molecule has 0 bridgehead atoms. The van der Waals surface area contributed by atoms with Crippen LogP contribution in [0.1, 0.15) is 19.8 Å². The van der Waals surface area contributed by atoms with Gasteiger partial charge in [0.05, 0.1) is 25.4 Å². The van der Waals surface area contributed by atoms with Crippen molar-refractivity contribution in [3.8, 4) is 0 Å². The third-order valence-electron chi connectivity index (χ3n) is 6.57. The molecule has 14 atom stereocenters. The summed E-state index contributed by atoms with van der Waals surface area (Å²) in [6, 6.07) is -2.72. The van der Waals surface area contributed by atoms with Gasteiger partial charge >= 0.3 is 0 Å². The molecular weight excluding hydrogens is 458 g/mol. The molecule has 0 aromatic rings. The van der Waals surface area contributed by atoms with Crippen LogP contribution in [-0.2, 0) is 23.7 Å². The lowest BCUT2D eigenvalue weighted by Crippen LogP contribution is -2.68. The van der Waals surface area contributed by atoms with Crippen molar-refractivity contribution in [2.45, 2.75) is 105 Å². The second kappa shape index (κ2) is 12.1. The number of aliphatic hydroxyl groups excluding tert-OH is 6. The van der Waals surface area contributed by atoms with Crippen LogP contribution in [0.3, 0.4) is 0 Å². The predicted molar refractivity (Wildman–Crippen MR) is 114 cm³/mol. The van der Waals surface area contributed by atoms with E-state index in [0.29, 0.717) is 13.0 Å². The zero-order valence-electron chi connectivity index (χ0n) is 19.1. The zero-order valence-corrected chi connectivity index (χ0v) is 19.1. The number of ether oxygens (including phenoxy) is 5. The van der Waals surface area contributed by atoms with E-state index >= 15 is 0 Å². The van der Waals surface area contributed by atoms with Crippen LogP contribution in [0.5, 0.6) is 0 Å². The smallest absolute Gasteiger partial charge is 0.187 e. The minimum Gasteiger partial charge on any atom is -0.394 e. The van der Waals surface area contributed by atoms with Crippen molar-refractivity contribution in [1.29, 1.82) is 0 Å². The van der Waals surface area contributed by atoms with Gasteiger partial charge in [-0.25, -0.2) is 0 Å². The fraction of sp³-hybridized carbons (Fsp3) is 1.00. The molecule has 1 aliphatic carbocycles. The highest BCUT2D eigenvalue weighted by Crippen LogP contribution is 2.33. The van der Waals surface area contributed by atoms with Crippen LogP contribution in [0.15, 0.2) is 0 Å². The van der Waals surface area contributed by atoms with Gasteiger partial charge in [-0.3, -0.25) is 0 Å². The van der Waals surface area contributed by atoms with Gasteiger partial charge in [0.15, 0.2) is 12.6 Å². The van der Waals surface area contributed by atoms with Crippen LogP contribution in [0.4, 0.5) is 0 Å². The van der Waals surface area contributed by atoms with Gasteiger partial charge in [-0.2, -0.15) is 0 Å². The summed E-state index contributed by atoms with van der Waals surface area (Å²) in [6.07, 6.45) is -12.3. The lowest BCUT2D eigenvalue weighted by molar-refractivity contribution is -0.311. The van der Waals surface area contributed by atoms with E-state index in [4.69, 9.17) is 40.9 Å². The average Bonchev–Trinajstić information content (AvgIpc) is 3.12. The Bertz CT molecular complexity index is 635. The molecule has 2 heterocycles. The van der Waals surface area contributed by atoms with E-state index in [9.17, 15) is 30.6 Å². The van der Waals surface area contributed by atoms with Gasteiger partial charge in [0.1, 0.15) is 48.8 Å². The summed E-state index contributed by atoms with van der Waals surface area (Å²) >= 11 is 0. The maximum Gasteiger partial charge on any atom is 0.187 e. The molecule has 14 nitrogen and oxygen atoms in total. The molecule has 0 aromatic heterocycles. The van der Waals surface area contributed by atoms with Crippen LogP contribution in [-0.4, -0.2) is 136 Å². The first-order valence-electron chi connectivity index (χ1n) is 11.6. The average molecular weight is 498 g/mol. The summed E-state index contributed by atoms with van der Waals surface area (Å²) in [5.41, 5.74) is 18.3. The Balaban J connectivity index is 1.80. The molecule has 2 aliphatic heterocycles. The molecule has 1 saturated carbocycles. The molecular formula is C20H39N3O11. The summed E-state index contributed by atoms with van der Waals surface area (Å²) in [5, 5.41) is 60.6. The van der Waals surface area contributed by atoms with Crippen molar-refractivity contribution >= 4 is 0 Å². The van der Waals surface area contributed by atoms with Crippen LogP contribution >= 0.6 is 0 Å². The van der Waals surface area contributed by atoms with Crippen LogP contribution in [0, 0.1) is 0 Å². The van der Waals surface area contributed by atoms with Crippen molar-refractivity contribution in [2.75, 3.05) is 19.8 Å². The molecule has 3 fully saturated rings.